The highest BCUT2D eigenvalue weighted by Crippen LogP contribution is 2.17. The predicted molar refractivity (Wildman–Crippen MR) is 42.9 cm³/mol. The molecule has 4 heteroatoms. The van der Waals surface area contributed by atoms with Crippen molar-refractivity contribution in [3.05, 3.63) is 12.3 Å². The van der Waals surface area contributed by atoms with E-state index in [0.29, 0.717) is 19.8 Å². The molecule has 0 N–H and O–H groups in total. The number of carbonyl (C=O) groups is 1. The Labute approximate surface area is 71.9 Å². The molecule has 68 valence electrons. The highest BCUT2D eigenvalue weighted by Gasteiger charge is 2.40. The summed E-state index contributed by atoms with van der Waals surface area (Å²) >= 11 is 0. The first kappa shape index (κ1) is 9.22. The van der Waals surface area contributed by atoms with E-state index in [0.717, 1.165) is 0 Å². The van der Waals surface area contributed by atoms with Crippen molar-refractivity contribution < 1.29 is 19.0 Å². The molecule has 0 bridgehead atoms. The van der Waals surface area contributed by atoms with Gasteiger partial charge in [0.15, 0.2) is 0 Å². The molecular formula is C8H14NO3+. The zero-order valence-electron chi connectivity index (χ0n) is 7.45. The van der Waals surface area contributed by atoms with Gasteiger partial charge in [-0.05, 0) is 13.8 Å². The van der Waals surface area contributed by atoms with E-state index in [2.05, 4.69) is 0 Å². The Morgan fingerprint density at radius 1 is 1.67 bits per heavy atom. The molecule has 0 spiro atoms. The van der Waals surface area contributed by atoms with Crippen molar-refractivity contribution in [1.29, 1.82) is 0 Å². The third-order valence-electron chi connectivity index (χ3n) is 1.79. The molecule has 4 nitrogen and oxygen atoms in total. The Hall–Kier alpha value is -0.870. The molecule has 1 aliphatic rings. The molecular weight excluding hydrogens is 158 g/mol. The monoisotopic (exact) mass is 172 g/mol. The third-order valence-corrected chi connectivity index (χ3v) is 1.79. The zero-order valence-corrected chi connectivity index (χ0v) is 7.45. The van der Waals surface area contributed by atoms with Crippen LogP contribution in [-0.2, 0) is 9.57 Å². The van der Waals surface area contributed by atoms with Crippen molar-refractivity contribution in [1.82, 2.24) is 0 Å². The molecule has 0 aromatic heterocycles. The van der Waals surface area contributed by atoms with E-state index in [1.807, 2.05) is 13.0 Å². The third kappa shape index (κ3) is 1.49. The molecule has 0 aromatic rings. The summed E-state index contributed by atoms with van der Waals surface area (Å²) in [5, 5.41) is 0. The van der Waals surface area contributed by atoms with E-state index in [1.54, 1.807) is 13.1 Å². The lowest BCUT2D eigenvalue weighted by Gasteiger charge is -2.21. The molecule has 1 rings (SSSR count). The molecule has 1 unspecified atom stereocenters. The smallest absolute Gasteiger partial charge is 0.418 e. The van der Waals surface area contributed by atoms with Crippen molar-refractivity contribution >= 4 is 6.09 Å². The van der Waals surface area contributed by atoms with Crippen LogP contribution in [0.4, 0.5) is 4.79 Å². The molecule has 0 saturated carbocycles. The Kier molecular flexibility index (Phi) is 2.83. The van der Waals surface area contributed by atoms with E-state index in [4.69, 9.17) is 9.57 Å². The van der Waals surface area contributed by atoms with Gasteiger partial charge in [0.2, 0.25) is 0 Å². The van der Waals surface area contributed by atoms with E-state index in [9.17, 15) is 4.79 Å². The lowest BCUT2D eigenvalue weighted by atomic mass is 10.6. The number of rotatable bonds is 2. The van der Waals surface area contributed by atoms with Crippen molar-refractivity contribution in [2.75, 3.05) is 19.8 Å². The first-order valence-electron chi connectivity index (χ1n) is 4.12. The Balaban J connectivity index is 2.66. The van der Waals surface area contributed by atoms with Gasteiger partial charge >= 0.3 is 6.09 Å². The second-order valence-corrected chi connectivity index (χ2v) is 2.49. The minimum atomic E-state index is -0.339. The van der Waals surface area contributed by atoms with E-state index in [1.165, 1.54) is 0 Å². The number of hydrogen-bond donors (Lipinski definition) is 0. The molecule has 0 saturated heterocycles. The van der Waals surface area contributed by atoms with Crippen molar-refractivity contribution in [2.45, 2.75) is 13.8 Å². The van der Waals surface area contributed by atoms with Crippen LogP contribution >= 0.6 is 0 Å². The molecule has 1 atom stereocenters. The topological polar surface area (TPSA) is 35.5 Å². The van der Waals surface area contributed by atoms with Gasteiger partial charge in [-0.2, -0.15) is 9.63 Å². The van der Waals surface area contributed by atoms with Gasteiger partial charge in [0.05, 0.1) is 6.61 Å². The van der Waals surface area contributed by atoms with Gasteiger partial charge in [0.25, 0.3) is 0 Å². The fraction of sp³-hybridized carbons (Fsp3) is 0.625. The van der Waals surface area contributed by atoms with Crippen molar-refractivity contribution in [2.24, 2.45) is 0 Å². The van der Waals surface area contributed by atoms with Gasteiger partial charge in [-0.15, -0.1) is 0 Å². The fourth-order valence-corrected chi connectivity index (χ4v) is 1.10. The lowest BCUT2D eigenvalue weighted by Crippen LogP contribution is -2.45. The summed E-state index contributed by atoms with van der Waals surface area (Å²) in [6.45, 7) is 5.09. The fourth-order valence-electron chi connectivity index (χ4n) is 1.10. The van der Waals surface area contributed by atoms with Gasteiger partial charge < -0.3 is 4.74 Å². The van der Waals surface area contributed by atoms with Crippen LogP contribution in [0, 0.1) is 0 Å². The van der Waals surface area contributed by atoms with Gasteiger partial charge in [0.1, 0.15) is 19.4 Å². The summed E-state index contributed by atoms with van der Waals surface area (Å²) in [6.07, 6.45) is 3.20. The van der Waals surface area contributed by atoms with Gasteiger partial charge in [0, 0.05) is 6.08 Å². The van der Waals surface area contributed by atoms with Crippen LogP contribution < -0.4 is 0 Å². The number of amides is 1. The largest absolute Gasteiger partial charge is 0.554 e. The standard InChI is InChI=1S/C8H14NO3/c1-3-9(6-5-7-12-9)8(10)11-4-2/h5-6H,3-4,7H2,1-2H3/q+1. The maximum atomic E-state index is 11.4. The summed E-state index contributed by atoms with van der Waals surface area (Å²) in [7, 11) is 0. The first-order chi connectivity index (χ1) is 5.75. The van der Waals surface area contributed by atoms with Crippen LogP contribution in [0.1, 0.15) is 13.8 Å². The predicted octanol–water partition coefficient (Wildman–Crippen LogP) is 1.44. The van der Waals surface area contributed by atoms with Gasteiger partial charge in [-0.25, -0.2) is 0 Å². The summed E-state index contributed by atoms with van der Waals surface area (Å²) in [5.41, 5.74) is 0. The molecule has 0 aromatic carbocycles. The van der Waals surface area contributed by atoms with E-state index in [-0.39, 0.29) is 10.7 Å². The van der Waals surface area contributed by atoms with Gasteiger partial charge in [-0.1, -0.05) is 4.65 Å². The second-order valence-electron chi connectivity index (χ2n) is 2.49. The van der Waals surface area contributed by atoms with E-state index >= 15 is 0 Å². The normalized spacial score (nSPS) is 27.5. The average Bonchev–Trinajstić information content (AvgIpc) is 2.54. The second kappa shape index (κ2) is 3.69. The quantitative estimate of drug-likeness (QED) is 0.591. The summed E-state index contributed by atoms with van der Waals surface area (Å²) in [6, 6.07) is 0. The Morgan fingerprint density at radius 3 is 2.83 bits per heavy atom. The molecule has 0 fully saturated rings. The summed E-state index contributed by atoms with van der Waals surface area (Å²) in [4.78, 5) is 16.6. The number of nitrogens with zero attached hydrogens (tertiary/aromatic N) is 1. The zero-order chi connectivity index (χ0) is 9.03. The van der Waals surface area contributed by atoms with Crippen LogP contribution in [0.5, 0.6) is 0 Å². The molecule has 1 aliphatic heterocycles. The number of quaternary nitrogens is 1. The summed E-state index contributed by atoms with van der Waals surface area (Å²) < 4.78 is 4.75. The Morgan fingerprint density at radius 2 is 2.42 bits per heavy atom. The van der Waals surface area contributed by atoms with Crippen LogP contribution in [-0.4, -0.2) is 30.5 Å². The highest BCUT2D eigenvalue weighted by atomic mass is 16.8. The number of carbonyl (C=O) groups excluding carboxylic acids is 1. The molecule has 0 radical (unpaired) electrons. The van der Waals surface area contributed by atoms with Crippen LogP contribution in [0.25, 0.3) is 0 Å². The SMILES string of the molecule is CCOC(=O)[N+]1(CC)C=CCO1. The minimum Gasteiger partial charge on any atom is -0.418 e. The number of ether oxygens (including phenoxy) is 1. The maximum Gasteiger partial charge on any atom is 0.554 e. The molecule has 0 aliphatic carbocycles. The number of hydrogen-bond acceptors (Lipinski definition) is 3. The average molecular weight is 172 g/mol. The van der Waals surface area contributed by atoms with Crippen LogP contribution in [0.2, 0.25) is 0 Å². The molecule has 1 heterocycles. The maximum absolute atomic E-state index is 11.4. The highest BCUT2D eigenvalue weighted by molar-refractivity contribution is 5.59. The molecule has 12 heavy (non-hydrogen) atoms. The lowest BCUT2D eigenvalue weighted by molar-refractivity contribution is -0.996. The summed E-state index contributed by atoms with van der Waals surface area (Å²) in [5.74, 6) is 0. The van der Waals surface area contributed by atoms with Gasteiger partial charge in [-0.3, -0.25) is 0 Å². The number of hydroxylamine groups is 3. The van der Waals surface area contributed by atoms with E-state index < -0.39 is 0 Å². The minimum absolute atomic E-state index is 0.131. The Bertz CT molecular complexity index is 202. The van der Waals surface area contributed by atoms with Crippen molar-refractivity contribution in [3.63, 3.8) is 0 Å². The van der Waals surface area contributed by atoms with Crippen LogP contribution in [0.3, 0.4) is 0 Å². The molecule has 1 amide bonds. The first-order valence-corrected chi connectivity index (χ1v) is 4.12. The van der Waals surface area contributed by atoms with Crippen LogP contribution in [0.15, 0.2) is 12.3 Å². The van der Waals surface area contributed by atoms with Crippen molar-refractivity contribution in [3.8, 4) is 0 Å².